The van der Waals surface area contributed by atoms with Crippen LogP contribution in [0.5, 0.6) is 0 Å². The molecule has 0 heterocycles. The van der Waals surface area contributed by atoms with E-state index in [2.05, 4.69) is 22.5 Å². The summed E-state index contributed by atoms with van der Waals surface area (Å²) in [6.07, 6.45) is 0.998. The fourth-order valence-corrected chi connectivity index (χ4v) is 2.33. The highest BCUT2D eigenvalue weighted by molar-refractivity contribution is 6.30. The molecule has 2 aromatic rings. The van der Waals surface area contributed by atoms with Gasteiger partial charge < -0.3 is 16.4 Å². The summed E-state index contributed by atoms with van der Waals surface area (Å²) in [4.78, 5) is 16.1. The molecule has 2 rings (SSSR count). The van der Waals surface area contributed by atoms with Crippen LogP contribution in [0, 0.1) is 13.8 Å². The standard InChI is InChI=1S/C19H23ClN4O/c1-13-5-8-17(12-14(13)2)24-19(21)22-11-3-4-18(25)23-16-9-6-15(20)7-10-16/h5-10,12H,3-4,11H2,1-2H3,(H,23,25)(H3,21,22,24). The highest BCUT2D eigenvalue weighted by Gasteiger charge is 2.02. The van der Waals surface area contributed by atoms with Crippen molar-refractivity contribution in [3.8, 4) is 0 Å². The first-order valence-electron chi connectivity index (χ1n) is 8.13. The van der Waals surface area contributed by atoms with Gasteiger partial charge in [-0.25, -0.2) is 0 Å². The Labute approximate surface area is 153 Å². The summed E-state index contributed by atoms with van der Waals surface area (Å²) in [7, 11) is 0. The van der Waals surface area contributed by atoms with Gasteiger partial charge in [-0.1, -0.05) is 17.7 Å². The molecule has 0 unspecified atom stereocenters. The number of aryl methyl sites for hydroxylation is 2. The number of anilines is 2. The first kappa shape index (κ1) is 18.8. The van der Waals surface area contributed by atoms with E-state index in [1.807, 2.05) is 25.1 Å². The highest BCUT2D eigenvalue weighted by atomic mass is 35.5. The number of nitrogens with zero attached hydrogens (tertiary/aromatic N) is 1. The monoisotopic (exact) mass is 358 g/mol. The molecule has 0 saturated heterocycles. The van der Waals surface area contributed by atoms with Crippen LogP contribution < -0.4 is 16.4 Å². The van der Waals surface area contributed by atoms with E-state index in [0.29, 0.717) is 30.4 Å². The minimum absolute atomic E-state index is 0.0572. The third-order valence-electron chi connectivity index (χ3n) is 3.75. The highest BCUT2D eigenvalue weighted by Crippen LogP contribution is 2.14. The molecule has 5 nitrogen and oxygen atoms in total. The van der Waals surface area contributed by atoms with Gasteiger partial charge >= 0.3 is 0 Å². The zero-order chi connectivity index (χ0) is 18.2. The van der Waals surface area contributed by atoms with Crippen LogP contribution in [-0.4, -0.2) is 18.4 Å². The minimum Gasteiger partial charge on any atom is -0.370 e. The maximum absolute atomic E-state index is 11.9. The second kappa shape index (κ2) is 9.08. The molecule has 0 aromatic heterocycles. The number of carbonyl (C=O) groups is 1. The van der Waals surface area contributed by atoms with Crippen molar-refractivity contribution >= 4 is 34.8 Å². The topological polar surface area (TPSA) is 79.5 Å². The van der Waals surface area contributed by atoms with Crippen molar-refractivity contribution in [2.24, 2.45) is 10.7 Å². The maximum Gasteiger partial charge on any atom is 0.224 e. The summed E-state index contributed by atoms with van der Waals surface area (Å²) in [5, 5.41) is 6.51. The first-order chi connectivity index (χ1) is 11.9. The lowest BCUT2D eigenvalue weighted by Gasteiger charge is -2.08. The molecule has 0 bridgehead atoms. The average molecular weight is 359 g/mol. The quantitative estimate of drug-likeness (QED) is 0.413. The SMILES string of the molecule is Cc1ccc(NC(N)=NCCCC(=O)Nc2ccc(Cl)cc2)cc1C. The summed E-state index contributed by atoms with van der Waals surface area (Å²) < 4.78 is 0. The van der Waals surface area contributed by atoms with E-state index in [4.69, 9.17) is 17.3 Å². The second-order valence-electron chi connectivity index (χ2n) is 5.85. The number of hydrogen-bond donors (Lipinski definition) is 3. The van der Waals surface area contributed by atoms with Crippen molar-refractivity contribution in [2.75, 3.05) is 17.2 Å². The van der Waals surface area contributed by atoms with Crippen molar-refractivity contribution in [3.63, 3.8) is 0 Å². The van der Waals surface area contributed by atoms with Crippen molar-refractivity contribution in [3.05, 3.63) is 58.6 Å². The molecule has 0 aliphatic carbocycles. The van der Waals surface area contributed by atoms with Crippen molar-refractivity contribution in [1.82, 2.24) is 0 Å². The third-order valence-corrected chi connectivity index (χ3v) is 4.00. The molecule has 1 amide bonds. The number of aliphatic imine (C=N–C) groups is 1. The summed E-state index contributed by atoms with van der Waals surface area (Å²) >= 11 is 5.81. The number of hydrogen-bond acceptors (Lipinski definition) is 2. The summed E-state index contributed by atoms with van der Waals surface area (Å²) in [5.41, 5.74) is 9.93. The summed E-state index contributed by atoms with van der Waals surface area (Å²) in [6.45, 7) is 4.59. The number of nitrogens with two attached hydrogens (primary N) is 1. The Morgan fingerprint density at radius 1 is 1.04 bits per heavy atom. The normalized spacial score (nSPS) is 11.2. The summed E-state index contributed by atoms with van der Waals surface area (Å²) in [6, 6.07) is 13.0. The van der Waals surface area contributed by atoms with Gasteiger partial charge in [-0.15, -0.1) is 0 Å². The largest absolute Gasteiger partial charge is 0.370 e. The number of carbonyl (C=O) groups excluding carboxylic acids is 1. The average Bonchev–Trinajstić information content (AvgIpc) is 2.57. The van der Waals surface area contributed by atoms with Gasteiger partial charge in [-0.05, 0) is 67.8 Å². The number of rotatable bonds is 6. The van der Waals surface area contributed by atoms with Crippen molar-refractivity contribution < 1.29 is 4.79 Å². The van der Waals surface area contributed by atoms with Crippen molar-refractivity contribution in [1.29, 1.82) is 0 Å². The van der Waals surface area contributed by atoms with Gasteiger partial charge in [0.2, 0.25) is 5.91 Å². The van der Waals surface area contributed by atoms with Crippen LogP contribution in [0.25, 0.3) is 0 Å². The molecular formula is C19H23ClN4O. The Balaban J connectivity index is 1.73. The molecule has 0 atom stereocenters. The predicted octanol–water partition coefficient (Wildman–Crippen LogP) is 4.10. The second-order valence-corrected chi connectivity index (χ2v) is 6.29. The molecule has 0 saturated carbocycles. The Bertz CT molecular complexity index is 757. The Morgan fingerprint density at radius 3 is 2.40 bits per heavy atom. The van der Waals surface area contributed by atoms with Crippen LogP contribution in [0.15, 0.2) is 47.5 Å². The van der Waals surface area contributed by atoms with Gasteiger partial charge in [-0.2, -0.15) is 0 Å². The molecule has 0 aliphatic heterocycles. The van der Waals surface area contributed by atoms with Gasteiger partial charge in [-0.3, -0.25) is 9.79 Å². The Morgan fingerprint density at radius 2 is 1.72 bits per heavy atom. The predicted molar refractivity (Wildman–Crippen MR) is 105 cm³/mol. The molecule has 25 heavy (non-hydrogen) atoms. The van der Waals surface area contributed by atoms with Gasteiger partial charge in [0.1, 0.15) is 0 Å². The third kappa shape index (κ3) is 6.47. The van der Waals surface area contributed by atoms with Gasteiger partial charge in [0.25, 0.3) is 0 Å². The zero-order valence-corrected chi connectivity index (χ0v) is 15.2. The lowest BCUT2D eigenvalue weighted by molar-refractivity contribution is -0.116. The van der Waals surface area contributed by atoms with Crippen molar-refractivity contribution in [2.45, 2.75) is 26.7 Å². The number of benzene rings is 2. The van der Waals surface area contributed by atoms with E-state index in [1.54, 1.807) is 24.3 Å². The fraction of sp³-hybridized carbons (Fsp3) is 0.263. The van der Waals surface area contributed by atoms with E-state index in [0.717, 1.165) is 11.4 Å². The summed E-state index contributed by atoms with van der Waals surface area (Å²) in [5.74, 6) is 0.291. The maximum atomic E-state index is 11.9. The number of halogens is 1. The molecule has 132 valence electrons. The molecular weight excluding hydrogens is 336 g/mol. The smallest absolute Gasteiger partial charge is 0.224 e. The van der Waals surface area contributed by atoms with Crippen LogP contribution in [0.4, 0.5) is 11.4 Å². The van der Waals surface area contributed by atoms with E-state index in [1.165, 1.54) is 11.1 Å². The van der Waals surface area contributed by atoms with E-state index < -0.39 is 0 Å². The molecule has 6 heteroatoms. The first-order valence-corrected chi connectivity index (χ1v) is 8.51. The van der Waals surface area contributed by atoms with E-state index >= 15 is 0 Å². The Hall–Kier alpha value is -2.53. The number of amides is 1. The van der Waals surface area contributed by atoms with Gasteiger partial charge in [0.05, 0.1) is 0 Å². The molecule has 0 spiro atoms. The molecule has 2 aromatic carbocycles. The zero-order valence-electron chi connectivity index (χ0n) is 14.5. The lowest BCUT2D eigenvalue weighted by atomic mass is 10.1. The van der Waals surface area contributed by atoms with Gasteiger partial charge in [0, 0.05) is 29.4 Å². The number of guanidine groups is 1. The van der Waals surface area contributed by atoms with Crippen LogP contribution in [-0.2, 0) is 4.79 Å². The number of nitrogens with one attached hydrogen (secondary N) is 2. The Kier molecular flexibility index (Phi) is 6.83. The fourth-order valence-electron chi connectivity index (χ4n) is 2.20. The van der Waals surface area contributed by atoms with Gasteiger partial charge in [0.15, 0.2) is 5.96 Å². The van der Waals surface area contributed by atoms with Crippen LogP contribution in [0.1, 0.15) is 24.0 Å². The van der Waals surface area contributed by atoms with Crippen LogP contribution in [0.2, 0.25) is 5.02 Å². The molecule has 4 N–H and O–H groups in total. The van der Waals surface area contributed by atoms with E-state index in [9.17, 15) is 4.79 Å². The minimum atomic E-state index is -0.0572. The molecule has 0 fully saturated rings. The van der Waals surface area contributed by atoms with Crippen LogP contribution in [0.3, 0.4) is 0 Å². The molecule has 0 aliphatic rings. The van der Waals surface area contributed by atoms with E-state index in [-0.39, 0.29) is 5.91 Å². The molecule has 0 radical (unpaired) electrons. The van der Waals surface area contributed by atoms with Crippen LogP contribution >= 0.6 is 11.6 Å². The lowest BCUT2D eigenvalue weighted by Crippen LogP contribution is -2.23.